The van der Waals surface area contributed by atoms with Crippen molar-refractivity contribution < 1.29 is 19.7 Å². The molecular formula is C22H20O4. The van der Waals surface area contributed by atoms with E-state index in [9.17, 15) is 9.90 Å². The summed E-state index contributed by atoms with van der Waals surface area (Å²) in [5, 5.41) is 19.8. The largest absolute Gasteiger partial charge is 0.507 e. The Labute approximate surface area is 152 Å². The van der Waals surface area contributed by atoms with E-state index in [-0.39, 0.29) is 23.1 Å². The lowest BCUT2D eigenvalue weighted by atomic mass is 9.74. The molecule has 0 fully saturated rings. The highest BCUT2D eigenvalue weighted by atomic mass is 16.5. The molecule has 0 aromatic heterocycles. The lowest BCUT2D eigenvalue weighted by molar-refractivity contribution is 0.0697. The van der Waals surface area contributed by atoms with Gasteiger partial charge in [-0.1, -0.05) is 30.4 Å². The Kier molecular flexibility index (Phi) is 3.83. The molecule has 2 N–H and O–H groups in total. The summed E-state index contributed by atoms with van der Waals surface area (Å²) in [5.41, 5.74) is 3.96. The van der Waals surface area contributed by atoms with Crippen LogP contribution < -0.4 is 4.74 Å². The first-order valence-electron chi connectivity index (χ1n) is 8.68. The van der Waals surface area contributed by atoms with Crippen molar-refractivity contribution in [2.45, 2.75) is 25.7 Å². The molecule has 1 heterocycles. The van der Waals surface area contributed by atoms with Crippen molar-refractivity contribution in [1.82, 2.24) is 0 Å². The molecule has 132 valence electrons. The Morgan fingerprint density at radius 3 is 2.62 bits per heavy atom. The van der Waals surface area contributed by atoms with Crippen LogP contribution in [0.15, 0.2) is 60.4 Å². The highest BCUT2D eigenvalue weighted by Gasteiger charge is 2.36. The van der Waals surface area contributed by atoms with Crippen LogP contribution in [0.5, 0.6) is 11.5 Å². The normalized spacial score (nSPS) is 21.3. The number of ether oxygens (including phenoxy) is 1. The maximum Gasteiger partial charge on any atom is 0.335 e. The molecule has 2 aliphatic rings. The van der Waals surface area contributed by atoms with Gasteiger partial charge >= 0.3 is 5.97 Å². The van der Waals surface area contributed by atoms with Gasteiger partial charge in [0, 0.05) is 17.4 Å². The number of allylic oxidation sites excluding steroid dienone is 3. The molecule has 0 unspecified atom stereocenters. The summed E-state index contributed by atoms with van der Waals surface area (Å²) < 4.78 is 5.96. The lowest BCUT2D eigenvalue weighted by Gasteiger charge is -2.37. The van der Waals surface area contributed by atoms with E-state index in [0.29, 0.717) is 5.75 Å². The molecule has 2 aromatic rings. The topological polar surface area (TPSA) is 66.8 Å². The van der Waals surface area contributed by atoms with E-state index in [4.69, 9.17) is 9.84 Å². The van der Waals surface area contributed by atoms with Crippen molar-refractivity contribution in [3.8, 4) is 22.6 Å². The van der Waals surface area contributed by atoms with Gasteiger partial charge in [0.2, 0.25) is 0 Å². The van der Waals surface area contributed by atoms with Gasteiger partial charge in [0.05, 0.1) is 5.56 Å². The van der Waals surface area contributed by atoms with E-state index in [1.165, 1.54) is 5.57 Å². The Hall–Kier alpha value is -3.01. The minimum absolute atomic E-state index is 0.0865. The summed E-state index contributed by atoms with van der Waals surface area (Å²) >= 11 is 0. The quantitative estimate of drug-likeness (QED) is 0.741. The van der Waals surface area contributed by atoms with Gasteiger partial charge in [0.15, 0.2) is 0 Å². The molecule has 2 atom stereocenters. The number of hydrogen-bond donors (Lipinski definition) is 2. The van der Waals surface area contributed by atoms with Crippen LogP contribution in [0.3, 0.4) is 0 Å². The number of rotatable bonds is 2. The number of fused-ring (bicyclic) bond motifs is 3. The molecule has 0 radical (unpaired) electrons. The van der Waals surface area contributed by atoms with Crippen molar-refractivity contribution in [3.63, 3.8) is 0 Å². The van der Waals surface area contributed by atoms with Crippen molar-refractivity contribution in [3.05, 3.63) is 71.5 Å². The van der Waals surface area contributed by atoms with Gasteiger partial charge in [-0.15, -0.1) is 0 Å². The number of aromatic hydroxyl groups is 1. The minimum atomic E-state index is -0.963. The van der Waals surface area contributed by atoms with Gasteiger partial charge in [-0.2, -0.15) is 0 Å². The van der Waals surface area contributed by atoms with E-state index in [0.717, 1.165) is 35.3 Å². The second kappa shape index (κ2) is 6.06. The highest BCUT2D eigenvalue weighted by molar-refractivity contribution is 5.88. The zero-order chi connectivity index (χ0) is 18.4. The summed E-state index contributed by atoms with van der Waals surface area (Å²) in [7, 11) is 0. The molecule has 0 spiro atoms. The first-order valence-corrected chi connectivity index (χ1v) is 8.68. The highest BCUT2D eigenvalue weighted by Crippen LogP contribution is 2.51. The van der Waals surface area contributed by atoms with Crippen molar-refractivity contribution in [2.75, 3.05) is 0 Å². The maximum absolute atomic E-state index is 11.0. The summed E-state index contributed by atoms with van der Waals surface area (Å²) in [5.74, 6) is 0.882. The van der Waals surface area contributed by atoms with E-state index >= 15 is 0 Å². The van der Waals surface area contributed by atoms with Crippen LogP contribution >= 0.6 is 0 Å². The second-order valence-electron chi connectivity index (χ2n) is 7.04. The van der Waals surface area contributed by atoms with E-state index in [2.05, 4.69) is 19.6 Å². The van der Waals surface area contributed by atoms with Gasteiger partial charge in [-0.3, -0.25) is 0 Å². The van der Waals surface area contributed by atoms with Crippen LogP contribution in [0.25, 0.3) is 11.1 Å². The third kappa shape index (κ3) is 2.68. The monoisotopic (exact) mass is 348 g/mol. The third-order valence-electron chi connectivity index (χ3n) is 5.32. The summed E-state index contributed by atoms with van der Waals surface area (Å²) in [6.07, 6.45) is 4.21. The summed E-state index contributed by atoms with van der Waals surface area (Å²) in [6, 6.07) is 10.2. The van der Waals surface area contributed by atoms with Gasteiger partial charge in [-0.25, -0.2) is 4.79 Å². The Balaban J connectivity index is 1.79. The Morgan fingerprint density at radius 1 is 1.19 bits per heavy atom. The Morgan fingerprint density at radius 2 is 1.92 bits per heavy atom. The molecule has 0 amide bonds. The summed E-state index contributed by atoms with van der Waals surface area (Å²) in [4.78, 5) is 11.0. The number of phenols is 1. The molecule has 0 saturated carbocycles. The van der Waals surface area contributed by atoms with E-state index in [1.807, 2.05) is 6.07 Å². The SMILES string of the molecule is C=C1Oc2cc(-c3ccc(C(=O)O)cc3)cc(O)c2[C@@H]2C=C(C)CC[C@@H]12. The lowest BCUT2D eigenvalue weighted by Crippen LogP contribution is -2.25. The van der Waals surface area contributed by atoms with Crippen LogP contribution in [0.1, 0.15) is 41.6 Å². The first kappa shape index (κ1) is 16.5. The molecule has 0 saturated heterocycles. The van der Waals surface area contributed by atoms with Crippen molar-refractivity contribution in [2.24, 2.45) is 5.92 Å². The predicted octanol–water partition coefficient (Wildman–Crippen LogP) is 5.10. The van der Waals surface area contributed by atoms with Gasteiger partial charge in [0.1, 0.15) is 17.3 Å². The van der Waals surface area contributed by atoms with Gasteiger partial charge < -0.3 is 14.9 Å². The van der Waals surface area contributed by atoms with Crippen LogP contribution in [0.2, 0.25) is 0 Å². The molecular weight excluding hydrogens is 328 g/mol. The third-order valence-corrected chi connectivity index (χ3v) is 5.32. The second-order valence-corrected chi connectivity index (χ2v) is 7.04. The standard InChI is InChI=1S/C22H20O4/c1-12-3-8-17-13(2)26-20-11-16(10-19(23)21(20)18(17)9-12)14-4-6-15(7-5-14)22(24)25/h4-7,9-11,17-18,23H,2-3,8H2,1H3,(H,24,25)/t17-,18+/m0/s1. The number of aromatic carboxylic acids is 1. The average Bonchev–Trinajstić information content (AvgIpc) is 2.61. The molecule has 4 nitrogen and oxygen atoms in total. The molecule has 4 heteroatoms. The van der Waals surface area contributed by atoms with Crippen LogP contribution in [-0.2, 0) is 0 Å². The maximum atomic E-state index is 11.0. The number of carboxylic acids is 1. The molecule has 0 bridgehead atoms. The fourth-order valence-corrected chi connectivity index (χ4v) is 3.93. The molecule has 26 heavy (non-hydrogen) atoms. The van der Waals surface area contributed by atoms with Crippen molar-refractivity contribution >= 4 is 5.97 Å². The number of benzene rings is 2. The Bertz CT molecular complexity index is 937. The fourth-order valence-electron chi connectivity index (χ4n) is 3.93. The fraction of sp³-hybridized carbons (Fsp3) is 0.227. The van der Waals surface area contributed by atoms with Crippen LogP contribution in [-0.4, -0.2) is 16.2 Å². The minimum Gasteiger partial charge on any atom is -0.507 e. The average molecular weight is 348 g/mol. The van der Waals surface area contributed by atoms with Crippen LogP contribution in [0.4, 0.5) is 0 Å². The smallest absolute Gasteiger partial charge is 0.335 e. The first-order chi connectivity index (χ1) is 12.4. The number of phenolic OH excluding ortho intramolecular Hbond substituents is 1. The number of hydrogen-bond acceptors (Lipinski definition) is 3. The zero-order valence-corrected chi connectivity index (χ0v) is 14.5. The van der Waals surface area contributed by atoms with E-state index < -0.39 is 5.97 Å². The molecule has 1 aliphatic carbocycles. The van der Waals surface area contributed by atoms with Crippen LogP contribution in [0, 0.1) is 5.92 Å². The molecule has 4 rings (SSSR count). The van der Waals surface area contributed by atoms with Crippen molar-refractivity contribution in [1.29, 1.82) is 0 Å². The number of carboxylic acid groups (broad SMARTS) is 1. The van der Waals surface area contributed by atoms with Gasteiger partial charge in [0.25, 0.3) is 0 Å². The summed E-state index contributed by atoms with van der Waals surface area (Å²) in [6.45, 7) is 6.20. The molecule has 2 aromatic carbocycles. The zero-order valence-electron chi connectivity index (χ0n) is 14.5. The number of carbonyl (C=O) groups is 1. The predicted molar refractivity (Wildman–Crippen MR) is 99.5 cm³/mol. The molecule has 1 aliphatic heterocycles. The van der Waals surface area contributed by atoms with E-state index in [1.54, 1.807) is 30.3 Å². The van der Waals surface area contributed by atoms with Gasteiger partial charge in [-0.05, 0) is 55.2 Å².